The van der Waals surface area contributed by atoms with Gasteiger partial charge in [0.2, 0.25) is 23.6 Å². The van der Waals surface area contributed by atoms with E-state index in [9.17, 15) is 48.3 Å². The lowest BCUT2D eigenvalue weighted by molar-refractivity contribution is -0.144. The number of aliphatic carboxylic acids is 3. The average molecular weight is 1150 g/mol. The minimum absolute atomic E-state index is 0. The molecule has 4 amide bonds. The van der Waals surface area contributed by atoms with Gasteiger partial charge in [0.25, 0.3) is 0 Å². The van der Waals surface area contributed by atoms with Crippen LogP contribution in [0.15, 0.2) is 12.5 Å². The first-order chi connectivity index (χ1) is 39.1. The summed E-state index contributed by atoms with van der Waals surface area (Å²) in [5, 5.41) is 34.7. The Bertz CT molecular complexity index is 1870. The number of Topliss-reactive ketones (excluding diaryl/α,β-unsaturated/α-hetero) is 2. The van der Waals surface area contributed by atoms with Crippen molar-refractivity contribution in [1.29, 1.82) is 0 Å². The second-order valence-corrected chi connectivity index (χ2v) is 21.3. The number of carbonyl (C=O) groups is 9. The Hall–Kier alpha value is -5.32. The van der Waals surface area contributed by atoms with Crippen LogP contribution < -0.4 is 16.0 Å². The van der Waals surface area contributed by atoms with Gasteiger partial charge in [0.05, 0.1) is 45.3 Å². The number of ether oxygens (including phenoxy) is 4. The molecule has 0 aliphatic carbocycles. The Morgan fingerprint density at radius 2 is 1.12 bits per heavy atom. The van der Waals surface area contributed by atoms with Crippen molar-refractivity contribution >= 4 is 53.1 Å². The predicted octanol–water partition coefficient (Wildman–Crippen LogP) is 7.79. The number of amides is 4. The zero-order valence-corrected chi connectivity index (χ0v) is 49.1. The van der Waals surface area contributed by atoms with Gasteiger partial charge in [-0.2, -0.15) is 0 Å². The summed E-state index contributed by atoms with van der Waals surface area (Å²) >= 11 is 0. The van der Waals surface area contributed by atoms with Crippen molar-refractivity contribution in [3.63, 3.8) is 0 Å². The molecule has 2 heterocycles. The lowest BCUT2D eigenvalue weighted by Gasteiger charge is -2.30. The van der Waals surface area contributed by atoms with Crippen molar-refractivity contribution in [3.8, 4) is 0 Å². The van der Waals surface area contributed by atoms with Crippen LogP contribution in [0.4, 0.5) is 0 Å². The van der Waals surface area contributed by atoms with Crippen molar-refractivity contribution in [2.45, 2.75) is 213 Å². The Balaban J connectivity index is 0.00000180. The number of aromatic nitrogens is 2. The largest absolute Gasteiger partial charge is 0.481 e. The summed E-state index contributed by atoms with van der Waals surface area (Å²) in [6.07, 6.45) is 29.7. The molecule has 2 rings (SSSR count). The number of unbranched alkanes of at least 4 members (excludes halogenated alkanes) is 16. The Morgan fingerprint density at radius 1 is 0.593 bits per heavy atom. The van der Waals surface area contributed by atoms with Gasteiger partial charge in [-0.15, -0.1) is 0 Å². The van der Waals surface area contributed by atoms with Gasteiger partial charge in [0, 0.05) is 91.6 Å². The number of nitrogens with one attached hydrogen (secondary N) is 4. The summed E-state index contributed by atoms with van der Waals surface area (Å²) in [5.74, 6) is -3.77. The summed E-state index contributed by atoms with van der Waals surface area (Å²) in [6, 6.07) is -1.09. The van der Waals surface area contributed by atoms with Gasteiger partial charge in [-0.25, -0.2) is 9.78 Å². The second-order valence-electron chi connectivity index (χ2n) is 21.3. The monoisotopic (exact) mass is 1150 g/mol. The fourth-order valence-corrected chi connectivity index (χ4v) is 9.01. The number of carboxylic acids is 3. The Labute approximate surface area is 482 Å². The molecule has 1 fully saturated rings. The minimum atomic E-state index is -1.19. The lowest BCUT2D eigenvalue weighted by atomic mass is 9.94. The van der Waals surface area contributed by atoms with Crippen LogP contribution >= 0.6 is 0 Å². The number of imidazole rings is 1. The van der Waals surface area contributed by atoms with Crippen LogP contribution in [0.3, 0.4) is 0 Å². The third kappa shape index (κ3) is 45.9. The molecule has 1 aromatic rings. The van der Waals surface area contributed by atoms with Crippen LogP contribution in [0.2, 0.25) is 0 Å². The molecule has 7 N–H and O–H groups in total. The van der Waals surface area contributed by atoms with E-state index in [1.807, 2.05) is 0 Å². The SMILES string of the molecule is CC(=O)N[C@@H](CCC(=O)CCCOCCOCC(=O)NCCOCCOCC(=O)NCCCC[C@H](CC(=O)CCc1cnc[nH]1)C(=O)O)C(=O)O.CC1CCN(C(=O)CCCCCCCCCCCCCCCCCCC(=O)O)CC1.[HH]. The topological polar surface area (TPSA) is 319 Å². The molecule has 2 atom stereocenters. The number of aromatic amines is 1. The van der Waals surface area contributed by atoms with Crippen molar-refractivity contribution in [2.24, 2.45) is 11.8 Å². The van der Waals surface area contributed by atoms with Crippen LogP contribution in [-0.2, 0) is 68.5 Å². The second kappa shape index (κ2) is 50.4. The highest BCUT2D eigenvalue weighted by Crippen LogP contribution is 2.19. The van der Waals surface area contributed by atoms with Gasteiger partial charge >= 0.3 is 17.9 Å². The van der Waals surface area contributed by atoms with Crippen LogP contribution in [0.25, 0.3) is 0 Å². The fourth-order valence-electron chi connectivity index (χ4n) is 9.01. The van der Waals surface area contributed by atoms with E-state index in [-0.39, 0.29) is 110 Å². The molecule has 1 saturated heterocycles. The summed E-state index contributed by atoms with van der Waals surface area (Å²) in [6.45, 7) is 7.12. The van der Waals surface area contributed by atoms with E-state index in [2.05, 4.69) is 37.7 Å². The molecular formula is C59H104N6O16. The van der Waals surface area contributed by atoms with Crippen LogP contribution in [0, 0.1) is 11.8 Å². The fraction of sp³-hybridized carbons (Fsp3) is 0.797. The smallest absolute Gasteiger partial charge is 0.326 e. The van der Waals surface area contributed by atoms with Crippen LogP contribution in [-0.4, -0.2) is 168 Å². The van der Waals surface area contributed by atoms with Gasteiger partial charge in [-0.1, -0.05) is 103 Å². The number of carboxylic acid groups (broad SMARTS) is 3. The molecule has 1 aromatic heterocycles. The molecule has 22 heteroatoms. The van der Waals surface area contributed by atoms with E-state index in [1.54, 1.807) is 6.20 Å². The number of carbonyl (C=O) groups excluding carboxylic acids is 6. The summed E-state index contributed by atoms with van der Waals surface area (Å²) < 4.78 is 21.2. The van der Waals surface area contributed by atoms with E-state index < -0.39 is 35.8 Å². The average Bonchev–Trinajstić information content (AvgIpc) is 3.97. The molecule has 1 aliphatic heterocycles. The Kier molecular flexibility index (Phi) is 45.9. The molecule has 1 aliphatic rings. The van der Waals surface area contributed by atoms with Crippen molar-refractivity contribution in [1.82, 2.24) is 30.8 Å². The number of H-pyrrole nitrogens is 1. The minimum Gasteiger partial charge on any atom is -0.481 e. The first kappa shape index (κ1) is 73.7. The number of nitrogens with zero attached hydrogens (tertiary/aromatic N) is 2. The number of rotatable bonds is 52. The molecule has 0 radical (unpaired) electrons. The molecular weight excluding hydrogens is 1050 g/mol. The van der Waals surface area contributed by atoms with Crippen LogP contribution in [0.1, 0.15) is 207 Å². The van der Waals surface area contributed by atoms with Crippen molar-refractivity contribution in [3.05, 3.63) is 18.2 Å². The van der Waals surface area contributed by atoms with Gasteiger partial charge in [-0.3, -0.25) is 38.4 Å². The molecule has 466 valence electrons. The summed E-state index contributed by atoms with van der Waals surface area (Å²) in [5.41, 5.74) is 0.825. The molecule has 0 spiro atoms. The first-order valence-corrected chi connectivity index (χ1v) is 30.1. The third-order valence-electron chi connectivity index (χ3n) is 13.9. The van der Waals surface area contributed by atoms with E-state index >= 15 is 0 Å². The number of likely N-dealkylation sites (tertiary alicyclic amines) is 1. The highest BCUT2D eigenvalue weighted by molar-refractivity contribution is 5.84. The van der Waals surface area contributed by atoms with Gasteiger partial charge < -0.3 is 60.1 Å². The normalized spacial score (nSPS) is 13.1. The number of hydrogen-bond acceptors (Lipinski definition) is 14. The lowest BCUT2D eigenvalue weighted by Crippen LogP contribution is -2.39. The van der Waals surface area contributed by atoms with Gasteiger partial charge in [0.1, 0.15) is 30.8 Å². The highest BCUT2D eigenvalue weighted by atomic mass is 16.5. The van der Waals surface area contributed by atoms with Crippen molar-refractivity contribution in [2.75, 3.05) is 79.0 Å². The number of ketones is 2. The standard InChI is InChI=1S/C33H53N5O13.C26H49NO3.H2/c1-24(39)38-29(33(46)47)10-9-27(40)6-4-13-48-15-17-50-22-31(43)36-12-14-49-16-18-51-21-30(42)35-11-3-2-5-25(32(44)45)19-28(41)8-7-26-20-34-23-37-26;1-24-20-22-27(23-21-24)25(28)18-16-14-12-10-8-6-4-2-3-5-7-9-11-13-15-17-19-26(29)30;/h20,23,25,29H,2-19,21-22H2,1H3,(H,34,37)(H,35,42)(H,36,43)(H,38,39)(H,44,45)(H,46,47);24H,2-23H2,1H3,(H,29,30);1H/t25-,29+;;/m1../s1. The predicted molar refractivity (Wildman–Crippen MR) is 307 cm³/mol. The van der Waals surface area contributed by atoms with E-state index in [0.29, 0.717) is 57.6 Å². The molecule has 0 saturated carbocycles. The summed E-state index contributed by atoms with van der Waals surface area (Å²) in [4.78, 5) is 113. The molecule has 81 heavy (non-hydrogen) atoms. The van der Waals surface area contributed by atoms with Gasteiger partial charge in [0.15, 0.2) is 0 Å². The summed E-state index contributed by atoms with van der Waals surface area (Å²) in [7, 11) is 0. The zero-order valence-electron chi connectivity index (χ0n) is 49.1. The molecule has 0 aromatic carbocycles. The third-order valence-corrected chi connectivity index (χ3v) is 13.9. The number of aryl methyl sites for hydroxylation is 1. The zero-order chi connectivity index (χ0) is 59.6. The number of hydrogen-bond donors (Lipinski definition) is 7. The van der Waals surface area contributed by atoms with E-state index in [0.717, 1.165) is 50.4 Å². The maximum Gasteiger partial charge on any atom is 0.326 e. The molecule has 0 unspecified atom stereocenters. The Morgan fingerprint density at radius 3 is 1.64 bits per heavy atom. The maximum absolute atomic E-state index is 12.2. The highest BCUT2D eigenvalue weighted by Gasteiger charge is 2.22. The number of piperidine rings is 1. The van der Waals surface area contributed by atoms with E-state index in [4.69, 9.17) is 29.2 Å². The van der Waals surface area contributed by atoms with Crippen molar-refractivity contribution < 1.29 is 78.8 Å². The maximum atomic E-state index is 12.2. The molecule has 0 bridgehead atoms. The first-order valence-electron chi connectivity index (χ1n) is 30.1. The van der Waals surface area contributed by atoms with E-state index in [1.165, 1.54) is 110 Å². The molecule has 22 nitrogen and oxygen atoms in total. The van der Waals surface area contributed by atoms with Crippen LogP contribution in [0.5, 0.6) is 0 Å². The quantitative estimate of drug-likeness (QED) is 0.0306. The van der Waals surface area contributed by atoms with Gasteiger partial charge in [-0.05, 0) is 63.7 Å².